The van der Waals surface area contributed by atoms with Gasteiger partial charge in [-0.3, -0.25) is 10.6 Å². The summed E-state index contributed by atoms with van der Waals surface area (Å²) in [7, 11) is 3.45. The van der Waals surface area contributed by atoms with Gasteiger partial charge in [0.05, 0.1) is 19.0 Å². The number of aromatic nitrogens is 4. The first-order valence-electron chi connectivity index (χ1n) is 15.2. The molecule has 13 nitrogen and oxygen atoms in total. The summed E-state index contributed by atoms with van der Waals surface area (Å²) < 4.78 is 41.0. The second-order valence-electron chi connectivity index (χ2n) is 12.0. The Kier molecular flexibility index (Phi) is 9.61. The summed E-state index contributed by atoms with van der Waals surface area (Å²) in [5.74, 6) is -2.40. The number of nitrogens with zero attached hydrogens (tertiary/aromatic N) is 7. The summed E-state index contributed by atoms with van der Waals surface area (Å²) in [5, 5.41) is 5.16. The second kappa shape index (κ2) is 13.4. The zero-order valence-corrected chi connectivity index (χ0v) is 25.5. The highest BCUT2D eigenvalue weighted by atomic mass is 19.3. The molecule has 1 aliphatic carbocycles. The number of likely N-dealkylation sites (tertiary alicyclic amines) is 1. The Morgan fingerprint density at radius 1 is 1.02 bits per heavy atom. The van der Waals surface area contributed by atoms with Crippen molar-refractivity contribution in [3.63, 3.8) is 0 Å². The van der Waals surface area contributed by atoms with Gasteiger partial charge in [-0.05, 0) is 77.1 Å². The number of hydrogen-bond donors (Lipinski definition) is 2. The Hall–Kier alpha value is -3.88. The average Bonchev–Trinajstić information content (AvgIpc) is 3.01. The van der Waals surface area contributed by atoms with Crippen LogP contribution in [0, 0.1) is 5.41 Å². The fourth-order valence-corrected chi connectivity index (χ4v) is 6.18. The molecule has 15 heteroatoms. The number of likely N-dealkylation sites (N-methyl/N-ethyl adjacent to an activating group) is 1. The fraction of sp³-hybridized carbons (Fsp3) is 0.655. The lowest BCUT2D eigenvalue weighted by atomic mass is 9.67. The number of carbonyl (C=O) groups excluding carboxylic acids is 2. The molecule has 5 rings (SSSR count). The monoisotopic (exact) mass is 617 g/mol. The van der Waals surface area contributed by atoms with Crippen LogP contribution in [0.2, 0.25) is 0 Å². The first-order valence-corrected chi connectivity index (χ1v) is 15.2. The van der Waals surface area contributed by atoms with Crippen molar-refractivity contribution in [1.29, 1.82) is 0 Å². The topological polar surface area (TPSA) is 138 Å². The van der Waals surface area contributed by atoms with Crippen LogP contribution in [0.4, 0.5) is 36.0 Å². The van der Waals surface area contributed by atoms with Gasteiger partial charge in [0, 0.05) is 32.8 Å². The molecule has 3 amide bonds. The van der Waals surface area contributed by atoms with Crippen molar-refractivity contribution >= 4 is 29.7 Å². The Morgan fingerprint density at radius 2 is 1.77 bits per heavy atom. The number of rotatable bonds is 7. The smallest absolute Gasteiger partial charge is 0.413 e. The third-order valence-corrected chi connectivity index (χ3v) is 9.01. The SMILES string of the molecule is CCOc1cnc(NC(=O)N(C)[C@H]2CN(c3nccc(NC(=O)OC4CCC5(CC4)CCN(C)CC5)n3)CCC2(F)F)cn1. The van der Waals surface area contributed by atoms with Gasteiger partial charge in [0.15, 0.2) is 5.82 Å². The molecule has 2 aliphatic heterocycles. The van der Waals surface area contributed by atoms with E-state index >= 15 is 8.78 Å². The third kappa shape index (κ3) is 7.60. The molecule has 2 aromatic rings. The number of anilines is 3. The molecule has 2 N–H and O–H groups in total. The van der Waals surface area contributed by atoms with E-state index in [1.807, 2.05) is 0 Å². The van der Waals surface area contributed by atoms with E-state index in [-0.39, 0.29) is 42.7 Å². The molecule has 0 unspecified atom stereocenters. The number of ether oxygens (including phenoxy) is 2. The number of piperidine rings is 2. The molecule has 2 aromatic heterocycles. The van der Waals surface area contributed by atoms with Gasteiger partial charge in [0.25, 0.3) is 5.92 Å². The predicted molar refractivity (Wildman–Crippen MR) is 159 cm³/mol. The molecule has 1 atom stereocenters. The minimum atomic E-state index is -3.15. The first kappa shape index (κ1) is 31.5. The van der Waals surface area contributed by atoms with Gasteiger partial charge >= 0.3 is 12.1 Å². The number of alkyl halides is 2. The number of nitrogens with one attached hydrogen (secondary N) is 2. The van der Waals surface area contributed by atoms with Gasteiger partial charge in [0.1, 0.15) is 18.0 Å². The van der Waals surface area contributed by atoms with Gasteiger partial charge < -0.3 is 24.2 Å². The van der Waals surface area contributed by atoms with Crippen LogP contribution in [0.3, 0.4) is 0 Å². The van der Waals surface area contributed by atoms with E-state index in [1.54, 1.807) is 11.8 Å². The van der Waals surface area contributed by atoms with Crippen molar-refractivity contribution in [2.75, 3.05) is 62.4 Å². The minimum Gasteiger partial charge on any atom is -0.477 e. The highest BCUT2D eigenvalue weighted by molar-refractivity contribution is 5.88. The maximum absolute atomic E-state index is 15.0. The van der Waals surface area contributed by atoms with E-state index in [1.165, 1.54) is 44.5 Å². The largest absolute Gasteiger partial charge is 0.477 e. The van der Waals surface area contributed by atoms with Crippen LogP contribution in [0.5, 0.6) is 5.88 Å². The Labute approximate surface area is 255 Å². The summed E-state index contributed by atoms with van der Waals surface area (Å²) in [5.41, 5.74) is 0.367. The molecular weight excluding hydrogens is 576 g/mol. The van der Waals surface area contributed by atoms with Gasteiger partial charge in [0.2, 0.25) is 11.8 Å². The lowest BCUT2D eigenvalue weighted by Gasteiger charge is -2.44. The lowest BCUT2D eigenvalue weighted by Crippen LogP contribution is -2.60. The maximum Gasteiger partial charge on any atom is 0.413 e. The summed E-state index contributed by atoms with van der Waals surface area (Å²) in [6.45, 7) is 4.17. The van der Waals surface area contributed by atoms with Crippen molar-refractivity contribution in [3.8, 4) is 5.88 Å². The lowest BCUT2D eigenvalue weighted by molar-refractivity contribution is -0.0760. The van der Waals surface area contributed by atoms with E-state index in [2.05, 4.69) is 42.5 Å². The number of halogens is 2. The van der Waals surface area contributed by atoms with Crippen LogP contribution in [-0.4, -0.2) is 107 Å². The molecule has 0 bridgehead atoms. The molecule has 0 radical (unpaired) electrons. The van der Waals surface area contributed by atoms with Crippen LogP contribution < -0.4 is 20.3 Å². The van der Waals surface area contributed by atoms with Crippen LogP contribution in [-0.2, 0) is 4.74 Å². The Morgan fingerprint density at radius 3 is 2.45 bits per heavy atom. The Balaban J connectivity index is 1.15. The van der Waals surface area contributed by atoms with Crippen LogP contribution in [0.25, 0.3) is 0 Å². The van der Waals surface area contributed by atoms with Crippen molar-refractivity contribution in [2.24, 2.45) is 5.41 Å². The number of hydrogen-bond acceptors (Lipinski definition) is 10. The molecule has 3 aliphatic rings. The van der Waals surface area contributed by atoms with Crippen LogP contribution in [0.1, 0.15) is 51.9 Å². The van der Waals surface area contributed by atoms with Crippen molar-refractivity contribution in [2.45, 2.75) is 69.9 Å². The number of amides is 3. The third-order valence-electron chi connectivity index (χ3n) is 9.01. The zero-order valence-electron chi connectivity index (χ0n) is 25.5. The van der Waals surface area contributed by atoms with E-state index in [0.717, 1.165) is 43.7 Å². The molecule has 44 heavy (non-hydrogen) atoms. The average molecular weight is 618 g/mol. The maximum atomic E-state index is 15.0. The van der Waals surface area contributed by atoms with E-state index in [0.29, 0.717) is 12.0 Å². The molecule has 0 aromatic carbocycles. The molecule has 4 heterocycles. The number of urea groups is 1. The van der Waals surface area contributed by atoms with Crippen LogP contribution >= 0.6 is 0 Å². The Bertz CT molecular complexity index is 1280. The predicted octanol–water partition coefficient (Wildman–Crippen LogP) is 4.25. The molecule has 2 saturated heterocycles. The fourth-order valence-electron chi connectivity index (χ4n) is 6.18. The summed E-state index contributed by atoms with van der Waals surface area (Å²) in [6.07, 6.45) is 8.97. The normalized spacial score (nSPS) is 21.8. The molecule has 1 spiro atoms. The van der Waals surface area contributed by atoms with Gasteiger partial charge in [-0.2, -0.15) is 4.98 Å². The molecule has 240 valence electrons. The zero-order chi connectivity index (χ0) is 31.3. The number of carbonyl (C=O) groups is 2. The highest BCUT2D eigenvalue weighted by Gasteiger charge is 2.48. The standard InChI is InChI=1S/C29H41F2N9O4/c1-4-43-24-18-33-23(17-34-24)36-26(41)39(3)21-19-40(16-12-29(21,30)31)25-32-13-7-22(35-25)37-27(42)44-20-5-8-28(9-6-20)10-14-38(2)15-11-28/h7,13,17-18,20-21H,4-6,8-12,14-16,19H2,1-3H3,(H,33,36,41)(H,32,35,37,42)/t21-/m0/s1. The highest BCUT2D eigenvalue weighted by Crippen LogP contribution is 2.45. The summed E-state index contributed by atoms with van der Waals surface area (Å²) >= 11 is 0. The van der Waals surface area contributed by atoms with Gasteiger partial charge in [-0.15, -0.1) is 0 Å². The summed E-state index contributed by atoms with van der Waals surface area (Å²) in [6, 6.07) is -0.721. The molecular formula is C29H41F2N9O4. The second-order valence-corrected chi connectivity index (χ2v) is 12.0. The van der Waals surface area contributed by atoms with Crippen molar-refractivity contribution in [1.82, 2.24) is 29.7 Å². The van der Waals surface area contributed by atoms with Gasteiger partial charge in [-0.25, -0.2) is 33.3 Å². The van der Waals surface area contributed by atoms with Crippen LogP contribution in [0.15, 0.2) is 24.7 Å². The van der Waals surface area contributed by atoms with Crippen molar-refractivity contribution in [3.05, 3.63) is 24.7 Å². The van der Waals surface area contributed by atoms with E-state index in [4.69, 9.17) is 9.47 Å². The molecule has 3 fully saturated rings. The first-order chi connectivity index (χ1) is 21.1. The van der Waals surface area contributed by atoms with E-state index in [9.17, 15) is 9.59 Å². The molecule has 1 saturated carbocycles. The van der Waals surface area contributed by atoms with Crippen molar-refractivity contribution < 1.29 is 27.8 Å². The summed E-state index contributed by atoms with van der Waals surface area (Å²) in [4.78, 5) is 47.1. The minimum absolute atomic E-state index is 0.0309. The quantitative estimate of drug-likeness (QED) is 0.464. The van der Waals surface area contributed by atoms with Gasteiger partial charge in [-0.1, -0.05) is 0 Å². The van der Waals surface area contributed by atoms with E-state index < -0.39 is 30.5 Å².